The SMILES string of the molecule is COC1CC(C(=O)O)N(C(=O)c2oc(Br)cc2C)C1. The molecule has 1 N–H and O–H groups in total. The summed E-state index contributed by atoms with van der Waals surface area (Å²) >= 11 is 3.15. The van der Waals surface area contributed by atoms with Crippen molar-refractivity contribution in [1.29, 1.82) is 0 Å². The number of nitrogens with zero attached hydrogens (tertiary/aromatic N) is 1. The normalized spacial score (nSPS) is 22.8. The number of hydrogen-bond acceptors (Lipinski definition) is 4. The van der Waals surface area contributed by atoms with Crippen molar-refractivity contribution in [3.8, 4) is 0 Å². The van der Waals surface area contributed by atoms with Crippen LogP contribution in [-0.2, 0) is 9.53 Å². The molecule has 2 atom stereocenters. The first-order valence-electron chi connectivity index (χ1n) is 5.76. The predicted molar refractivity (Wildman–Crippen MR) is 69.0 cm³/mol. The molecule has 1 aliphatic rings. The van der Waals surface area contributed by atoms with Crippen molar-refractivity contribution in [3.05, 3.63) is 22.1 Å². The topological polar surface area (TPSA) is 80.0 Å². The van der Waals surface area contributed by atoms with Gasteiger partial charge in [0, 0.05) is 25.6 Å². The molecule has 0 bridgehead atoms. The van der Waals surface area contributed by atoms with Crippen LogP contribution < -0.4 is 0 Å². The Morgan fingerprint density at radius 1 is 1.58 bits per heavy atom. The minimum absolute atomic E-state index is 0.162. The molecule has 6 nitrogen and oxygen atoms in total. The highest BCUT2D eigenvalue weighted by molar-refractivity contribution is 9.10. The lowest BCUT2D eigenvalue weighted by molar-refractivity contribution is -0.141. The number of likely N-dealkylation sites (tertiary alicyclic amines) is 1. The highest BCUT2D eigenvalue weighted by Crippen LogP contribution is 2.26. The Kier molecular flexibility index (Phi) is 3.96. The third-order valence-electron chi connectivity index (χ3n) is 3.22. The van der Waals surface area contributed by atoms with Gasteiger partial charge in [0.2, 0.25) is 0 Å². The zero-order valence-electron chi connectivity index (χ0n) is 10.6. The average Bonchev–Trinajstić information content (AvgIpc) is 2.91. The molecule has 2 unspecified atom stereocenters. The van der Waals surface area contributed by atoms with E-state index in [-0.39, 0.29) is 18.4 Å². The Balaban J connectivity index is 2.26. The number of aryl methyl sites for hydroxylation is 1. The zero-order chi connectivity index (χ0) is 14.2. The number of hydrogen-bond donors (Lipinski definition) is 1. The monoisotopic (exact) mass is 331 g/mol. The van der Waals surface area contributed by atoms with Gasteiger partial charge in [-0.05, 0) is 28.9 Å². The van der Waals surface area contributed by atoms with Gasteiger partial charge in [0.25, 0.3) is 5.91 Å². The fourth-order valence-corrected chi connectivity index (χ4v) is 2.72. The molecule has 1 aliphatic heterocycles. The first kappa shape index (κ1) is 14.1. The van der Waals surface area contributed by atoms with Crippen LogP contribution in [0.1, 0.15) is 22.5 Å². The molecule has 0 aromatic carbocycles. The first-order valence-corrected chi connectivity index (χ1v) is 6.55. The molecule has 104 valence electrons. The summed E-state index contributed by atoms with van der Waals surface area (Å²) in [6.07, 6.45) is 0.0298. The van der Waals surface area contributed by atoms with Crippen LogP contribution in [-0.4, -0.2) is 47.7 Å². The fourth-order valence-electron chi connectivity index (χ4n) is 2.21. The van der Waals surface area contributed by atoms with Crippen LogP contribution in [0, 0.1) is 6.92 Å². The molecule has 1 aromatic rings. The van der Waals surface area contributed by atoms with Crippen molar-refractivity contribution in [1.82, 2.24) is 4.90 Å². The molecule has 2 rings (SSSR count). The summed E-state index contributed by atoms with van der Waals surface area (Å²) in [5, 5.41) is 9.18. The number of carboxylic acid groups (broad SMARTS) is 1. The van der Waals surface area contributed by atoms with Crippen LogP contribution in [0.5, 0.6) is 0 Å². The van der Waals surface area contributed by atoms with Gasteiger partial charge in [-0.2, -0.15) is 0 Å². The highest BCUT2D eigenvalue weighted by Gasteiger charge is 2.41. The molecule has 19 heavy (non-hydrogen) atoms. The highest BCUT2D eigenvalue weighted by atomic mass is 79.9. The van der Waals surface area contributed by atoms with Gasteiger partial charge in [-0.1, -0.05) is 0 Å². The van der Waals surface area contributed by atoms with Crippen molar-refractivity contribution in [2.75, 3.05) is 13.7 Å². The van der Waals surface area contributed by atoms with E-state index in [1.165, 1.54) is 12.0 Å². The van der Waals surface area contributed by atoms with Gasteiger partial charge >= 0.3 is 5.97 Å². The molecule has 0 radical (unpaired) electrons. The Labute approximate surface area is 118 Å². The van der Waals surface area contributed by atoms with E-state index in [1.807, 2.05) is 0 Å². The Bertz CT molecular complexity index is 512. The van der Waals surface area contributed by atoms with Gasteiger partial charge in [0.15, 0.2) is 10.4 Å². The Hall–Kier alpha value is -1.34. The number of amides is 1. The molecule has 1 amide bonds. The maximum atomic E-state index is 12.3. The second-order valence-corrected chi connectivity index (χ2v) is 5.25. The number of carboxylic acids is 1. The molecular weight excluding hydrogens is 318 g/mol. The molecular formula is C12H14BrNO5. The Morgan fingerprint density at radius 2 is 2.26 bits per heavy atom. The molecule has 0 saturated carbocycles. The van der Waals surface area contributed by atoms with Crippen LogP contribution in [0.25, 0.3) is 0 Å². The summed E-state index contributed by atoms with van der Waals surface area (Å²) in [5.41, 5.74) is 0.668. The number of furan rings is 1. The van der Waals surface area contributed by atoms with Crippen molar-refractivity contribution >= 4 is 27.8 Å². The number of aliphatic carboxylic acids is 1. The van der Waals surface area contributed by atoms with Crippen LogP contribution in [0.2, 0.25) is 0 Å². The van der Waals surface area contributed by atoms with Gasteiger partial charge in [0.1, 0.15) is 6.04 Å². The zero-order valence-corrected chi connectivity index (χ0v) is 12.1. The lowest BCUT2D eigenvalue weighted by Crippen LogP contribution is -2.40. The van der Waals surface area contributed by atoms with Crippen LogP contribution in [0.15, 0.2) is 15.2 Å². The third kappa shape index (κ3) is 2.66. The first-order chi connectivity index (χ1) is 8.93. The summed E-state index contributed by atoms with van der Waals surface area (Å²) in [7, 11) is 1.51. The molecule has 1 aromatic heterocycles. The van der Waals surface area contributed by atoms with Crippen LogP contribution in [0.3, 0.4) is 0 Å². The third-order valence-corrected chi connectivity index (χ3v) is 3.61. The predicted octanol–water partition coefficient (Wildman–Crippen LogP) is 1.66. The summed E-state index contributed by atoms with van der Waals surface area (Å²) in [5.74, 6) is -1.29. The van der Waals surface area contributed by atoms with E-state index in [4.69, 9.17) is 9.15 Å². The fraction of sp³-hybridized carbons (Fsp3) is 0.500. The molecule has 7 heteroatoms. The lowest BCUT2D eigenvalue weighted by atomic mass is 10.2. The molecule has 1 fully saturated rings. The van der Waals surface area contributed by atoms with Crippen molar-refractivity contribution < 1.29 is 23.8 Å². The van der Waals surface area contributed by atoms with E-state index < -0.39 is 17.9 Å². The summed E-state index contributed by atoms with van der Waals surface area (Å²) in [6.45, 7) is 1.99. The van der Waals surface area contributed by atoms with Gasteiger partial charge in [-0.15, -0.1) is 0 Å². The van der Waals surface area contributed by atoms with Crippen molar-refractivity contribution in [2.24, 2.45) is 0 Å². The van der Waals surface area contributed by atoms with Crippen molar-refractivity contribution in [3.63, 3.8) is 0 Å². The lowest BCUT2D eigenvalue weighted by Gasteiger charge is -2.20. The number of halogens is 1. The summed E-state index contributed by atoms with van der Waals surface area (Å²) in [4.78, 5) is 24.8. The van der Waals surface area contributed by atoms with E-state index in [9.17, 15) is 14.7 Å². The smallest absolute Gasteiger partial charge is 0.326 e. The van der Waals surface area contributed by atoms with E-state index in [0.29, 0.717) is 16.7 Å². The van der Waals surface area contributed by atoms with Crippen LogP contribution in [0.4, 0.5) is 0 Å². The van der Waals surface area contributed by atoms with E-state index in [2.05, 4.69) is 15.9 Å². The Morgan fingerprint density at radius 3 is 2.74 bits per heavy atom. The second-order valence-electron chi connectivity index (χ2n) is 4.47. The maximum absolute atomic E-state index is 12.3. The molecule has 0 spiro atoms. The second kappa shape index (κ2) is 5.34. The number of carbonyl (C=O) groups is 2. The number of ether oxygens (including phenoxy) is 1. The number of methoxy groups -OCH3 is 1. The quantitative estimate of drug-likeness (QED) is 0.911. The van der Waals surface area contributed by atoms with E-state index in [0.717, 1.165) is 0 Å². The summed E-state index contributed by atoms with van der Waals surface area (Å²) in [6, 6.07) is 0.799. The van der Waals surface area contributed by atoms with Gasteiger partial charge < -0.3 is 19.2 Å². The average molecular weight is 332 g/mol. The standard InChI is InChI=1S/C12H14BrNO5/c1-6-3-9(13)19-10(6)11(15)14-5-7(18-2)4-8(14)12(16)17/h3,7-8H,4-5H2,1-2H3,(H,16,17). The number of carbonyl (C=O) groups excluding carboxylic acids is 1. The van der Waals surface area contributed by atoms with Gasteiger partial charge in [-0.3, -0.25) is 4.79 Å². The van der Waals surface area contributed by atoms with Gasteiger partial charge in [0.05, 0.1) is 6.10 Å². The maximum Gasteiger partial charge on any atom is 0.326 e. The molecule has 1 saturated heterocycles. The molecule has 0 aliphatic carbocycles. The minimum Gasteiger partial charge on any atom is -0.480 e. The van der Waals surface area contributed by atoms with Crippen molar-refractivity contribution in [2.45, 2.75) is 25.5 Å². The van der Waals surface area contributed by atoms with Gasteiger partial charge in [-0.25, -0.2) is 4.79 Å². The molecule has 2 heterocycles. The minimum atomic E-state index is -1.03. The van der Waals surface area contributed by atoms with E-state index >= 15 is 0 Å². The number of rotatable bonds is 3. The summed E-state index contributed by atoms with van der Waals surface area (Å²) < 4.78 is 10.9. The van der Waals surface area contributed by atoms with Crippen LogP contribution >= 0.6 is 15.9 Å². The largest absolute Gasteiger partial charge is 0.480 e. The van der Waals surface area contributed by atoms with E-state index in [1.54, 1.807) is 13.0 Å².